The number of hydrogen-bond donors (Lipinski definition) is 2. The topological polar surface area (TPSA) is 87.7 Å². The van der Waals surface area contributed by atoms with Gasteiger partial charge >= 0.3 is 6.09 Å². The number of rotatable bonds is 8. The first-order valence-electron chi connectivity index (χ1n) is 11.0. The molecule has 0 spiro atoms. The summed E-state index contributed by atoms with van der Waals surface area (Å²) in [4.78, 5) is 40.6. The molecule has 0 aliphatic rings. The molecule has 0 bridgehead atoms. The minimum Gasteiger partial charge on any atom is -0.444 e. The summed E-state index contributed by atoms with van der Waals surface area (Å²) in [5, 5.41) is 5.56. The fraction of sp³-hybridized carbons (Fsp3) is 0.625. The van der Waals surface area contributed by atoms with Crippen molar-refractivity contribution in [2.24, 2.45) is 0 Å². The Hall–Kier alpha value is -2.57. The summed E-state index contributed by atoms with van der Waals surface area (Å²) >= 11 is 0. The van der Waals surface area contributed by atoms with Crippen molar-refractivity contribution in [2.75, 3.05) is 0 Å². The quantitative estimate of drug-likeness (QED) is 0.646. The number of nitrogens with zero attached hydrogens (tertiary/aromatic N) is 1. The van der Waals surface area contributed by atoms with Gasteiger partial charge in [0.25, 0.3) is 0 Å². The average molecular weight is 434 g/mol. The van der Waals surface area contributed by atoms with Crippen LogP contribution in [0.4, 0.5) is 4.79 Å². The molecule has 7 heteroatoms. The van der Waals surface area contributed by atoms with E-state index in [0.717, 1.165) is 11.1 Å². The van der Waals surface area contributed by atoms with Gasteiger partial charge in [0.2, 0.25) is 11.8 Å². The van der Waals surface area contributed by atoms with Crippen molar-refractivity contribution >= 4 is 17.9 Å². The first-order valence-corrected chi connectivity index (χ1v) is 11.0. The maximum atomic E-state index is 13.5. The molecule has 1 rings (SSSR count). The van der Waals surface area contributed by atoms with Crippen LogP contribution in [0, 0.1) is 6.92 Å². The summed E-state index contributed by atoms with van der Waals surface area (Å²) in [6.45, 7) is 16.4. The van der Waals surface area contributed by atoms with Crippen LogP contribution < -0.4 is 10.6 Å². The van der Waals surface area contributed by atoms with Crippen molar-refractivity contribution in [3.8, 4) is 0 Å². The van der Waals surface area contributed by atoms with E-state index < -0.39 is 23.8 Å². The minimum absolute atomic E-state index is 0.0785. The van der Waals surface area contributed by atoms with Gasteiger partial charge in [0.1, 0.15) is 17.7 Å². The molecule has 3 unspecified atom stereocenters. The van der Waals surface area contributed by atoms with Gasteiger partial charge in [0.05, 0.1) is 0 Å². The normalized spacial score (nSPS) is 14.4. The lowest BCUT2D eigenvalue weighted by Crippen LogP contribution is -2.55. The molecule has 0 saturated heterocycles. The molecule has 0 radical (unpaired) electrons. The van der Waals surface area contributed by atoms with Crippen LogP contribution in [-0.2, 0) is 14.3 Å². The number of benzene rings is 1. The van der Waals surface area contributed by atoms with E-state index in [1.807, 2.05) is 58.9 Å². The number of nitrogens with one attached hydrogen (secondary N) is 2. The first kappa shape index (κ1) is 26.5. The fourth-order valence-corrected chi connectivity index (χ4v) is 3.24. The Morgan fingerprint density at radius 1 is 1.03 bits per heavy atom. The number of aryl methyl sites for hydroxylation is 1. The highest BCUT2D eigenvalue weighted by Crippen LogP contribution is 2.28. The molecule has 31 heavy (non-hydrogen) atoms. The van der Waals surface area contributed by atoms with Gasteiger partial charge in [-0.1, -0.05) is 31.2 Å². The van der Waals surface area contributed by atoms with Crippen molar-refractivity contribution < 1.29 is 19.1 Å². The largest absolute Gasteiger partial charge is 0.444 e. The Kier molecular flexibility index (Phi) is 9.53. The van der Waals surface area contributed by atoms with Crippen molar-refractivity contribution in [3.05, 3.63) is 35.4 Å². The van der Waals surface area contributed by atoms with Gasteiger partial charge in [-0.2, -0.15) is 0 Å². The van der Waals surface area contributed by atoms with Crippen molar-refractivity contribution in [3.63, 3.8) is 0 Å². The van der Waals surface area contributed by atoms with Crippen LogP contribution >= 0.6 is 0 Å². The number of ether oxygens (including phenoxy) is 1. The highest BCUT2D eigenvalue weighted by molar-refractivity contribution is 5.92. The number of alkyl carbamates (subject to hydrolysis) is 1. The molecule has 7 nitrogen and oxygen atoms in total. The maximum absolute atomic E-state index is 13.5. The third-order valence-electron chi connectivity index (χ3n) is 4.86. The molecule has 0 aromatic heterocycles. The van der Waals surface area contributed by atoms with Gasteiger partial charge in [-0.3, -0.25) is 9.59 Å². The Morgan fingerprint density at radius 2 is 1.61 bits per heavy atom. The molecule has 0 saturated carbocycles. The Balaban J connectivity index is 3.35. The van der Waals surface area contributed by atoms with Crippen LogP contribution in [0.25, 0.3) is 0 Å². The molecule has 0 aliphatic carbocycles. The van der Waals surface area contributed by atoms with E-state index in [1.54, 1.807) is 32.6 Å². The third-order valence-corrected chi connectivity index (χ3v) is 4.86. The molecule has 0 aliphatic heterocycles. The number of amides is 3. The lowest BCUT2D eigenvalue weighted by molar-refractivity contribution is -0.145. The zero-order valence-electron chi connectivity index (χ0n) is 20.4. The van der Waals surface area contributed by atoms with Crippen molar-refractivity contribution in [1.29, 1.82) is 0 Å². The molecular formula is C24H39N3O4. The molecule has 0 fully saturated rings. The summed E-state index contributed by atoms with van der Waals surface area (Å²) in [5.41, 5.74) is 1.00. The SMILES string of the molecule is CCC(C)N(C(=O)C(C)NC(=O)OC(C)(C)C)C(C(=O)NC(C)C)c1ccccc1C. The number of carbonyl (C=O) groups is 3. The number of hydrogen-bond acceptors (Lipinski definition) is 4. The van der Waals surface area contributed by atoms with E-state index in [4.69, 9.17) is 4.74 Å². The zero-order chi connectivity index (χ0) is 23.9. The molecule has 2 N–H and O–H groups in total. The van der Waals surface area contributed by atoms with E-state index in [1.165, 1.54) is 0 Å². The summed E-state index contributed by atoms with van der Waals surface area (Å²) in [6.07, 6.45) is -0.0149. The second kappa shape index (κ2) is 11.2. The average Bonchev–Trinajstić information content (AvgIpc) is 2.63. The van der Waals surface area contributed by atoms with Crippen LogP contribution in [0.2, 0.25) is 0 Å². The van der Waals surface area contributed by atoms with E-state index >= 15 is 0 Å². The van der Waals surface area contributed by atoms with Crippen LogP contribution in [0.3, 0.4) is 0 Å². The van der Waals surface area contributed by atoms with Crippen LogP contribution in [0.15, 0.2) is 24.3 Å². The first-order chi connectivity index (χ1) is 14.3. The van der Waals surface area contributed by atoms with Crippen LogP contribution in [0.5, 0.6) is 0 Å². The van der Waals surface area contributed by atoms with Gasteiger partial charge in [-0.25, -0.2) is 4.79 Å². The molecule has 174 valence electrons. The van der Waals surface area contributed by atoms with Crippen molar-refractivity contribution in [1.82, 2.24) is 15.5 Å². The third kappa shape index (κ3) is 7.89. The highest BCUT2D eigenvalue weighted by atomic mass is 16.6. The molecule has 3 atom stereocenters. The summed E-state index contributed by atoms with van der Waals surface area (Å²) in [6, 6.07) is 5.58. The maximum Gasteiger partial charge on any atom is 0.408 e. The summed E-state index contributed by atoms with van der Waals surface area (Å²) < 4.78 is 5.29. The smallest absolute Gasteiger partial charge is 0.408 e. The molecule has 1 aromatic carbocycles. The Morgan fingerprint density at radius 3 is 2.10 bits per heavy atom. The van der Waals surface area contributed by atoms with Gasteiger partial charge < -0.3 is 20.3 Å². The molecule has 0 heterocycles. The summed E-state index contributed by atoms with van der Waals surface area (Å²) in [7, 11) is 0. The van der Waals surface area contributed by atoms with Gasteiger partial charge in [0, 0.05) is 12.1 Å². The van der Waals surface area contributed by atoms with Crippen LogP contribution in [0.1, 0.15) is 79.0 Å². The van der Waals surface area contributed by atoms with Gasteiger partial charge in [-0.05, 0) is 72.9 Å². The van der Waals surface area contributed by atoms with Crippen molar-refractivity contribution in [2.45, 2.75) is 98.5 Å². The Labute approximate surface area is 186 Å². The second-order valence-corrected chi connectivity index (χ2v) is 9.29. The van der Waals surface area contributed by atoms with Crippen LogP contribution in [-0.4, -0.2) is 46.5 Å². The standard InChI is InChI=1S/C24H39N3O4/c1-10-17(5)27(22(29)18(6)26-23(30)31-24(7,8)9)20(21(28)25-15(2)3)19-14-12-11-13-16(19)4/h11-15,17-18,20H,10H2,1-9H3,(H,25,28)(H,26,30). The van der Waals surface area contributed by atoms with E-state index in [2.05, 4.69) is 10.6 Å². The molecular weight excluding hydrogens is 394 g/mol. The van der Waals surface area contributed by atoms with E-state index in [9.17, 15) is 14.4 Å². The monoisotopic (exact) mass is 433 g/mol. The zero-order valence-corrected chi connectivity index (χ0v) is 20.4. The lowest BCUT2D eigenvalue weighted by atomic mass is 9.96. The lowest BCUT2D eigenvalue weighted by Gasteiger charge is -2.38. The summed E-state index contributed by atoms with van der Waals surface area (Å²) in [5.74, 6) is -0.588. The predicted octanol–water partition coefficient (Wildman–Crippen LogP) is 4.10. The Bertz CT molecular complexity index is 770. The fourth-order valence-electron chi connectivity index (χ4n) is 3.24. The highest BCUT2D eigenvalue weighted by Gasteiger charge is 2.37. The second-order valence-electron chi connectivity index (χ2n) is 9.29. The van der Waals surface area contributed by atoms with Gasteiger partial charge in [0.15, 0.2) is 0 Å². The van der Waals surface area contributed by atoms with Gasteiger partial charge in [-0.15, -0.1) is 0 Å². The van der Waals surface area contributed by atoms with E-state index in [0.29, 0.717) is 6.42 Å². The van der Waals surface area contributed by atoms with E-state index in [-0.39, 0.29) is 23.9 Å². The predicted molar refractivity (Wildman–Crippen MR) is 123 cm³/mol. The molecule has 3 amide bonds. The number of carbonyl (C=O) groups excluding carboxylic acids is 3. The minimum atomic E-state index is -0.859. The molecule has 1 aromatic rings.